The Labute approximate surface area is 105 Å². The van der Waals surface area contributed by atoms with Crippen molar-refractivity contribution < 1.29 is 9.53 Å². The highest BCUT2D eigenvalue weighted by Crippen LogP contribution is 2.16. The van der Waals surface area contributed by atoms with Crippen molar-refractivity contribution in [3.05, 3.63) is 0 Å². The Balaban J connectivity index is 2.34. The molecule has 0 aromatic rings. The summed E-state index contributed by atoms with van der Waals surface area (Å²) in [6.45, 7) is 7.39. The van der Waals surface area contributed by atoms with E-state index in [1.807, 2.05) is 0 Å². The maximum Gasteiger partial charge on any atom is 0.322 e. The average molecular weight is 242 g/mol. The summed E-state index contributed by atoms with van der Waals surface area (Å²) in [5, 5.41) is 3.26. The Hall–Kier alpha value is -0.610. The average Bonchev–Trinajstić information content (AvgIpc) is 2.74. The third-order valence-corrected chi connectivity index (χ3v) is 3.52. The molecule has 2 unspecified atom stereocenters. The number of hydrogen-bond acceptors (Lipinski definition) is 4. The van der Waals surface area contributed by atoms with Crippen molar-refractivity contribution in [2.24, 2.45) is 0 Å². The second kappa shape index (κ2) is 7.67. The molecule has 1 aliphatic heterocycles. The number of ether oxygens (including phenoxy) is 1. The van der Waals surface area contributed by atoms with Gasteiger partial charge in [0.25, 0.3) is 0 Å². The van der Waals surface area contributed by atoms with Crippen molar-refractivity contribution in [1.82, 2.24) is 10.2 Å². The minimum Gasteiger partial charge on any atom is -0.468 e. The van der Waals surface area contributed by atoms with Crippen molar-refractivity contribution in [2.45, 2.75) is 51.6 Å². The van der Waals surface area contributed by atoms with Gasteiger partial charge in [-0.3, -0.25) is 4.79 Å². The van der Waals surface area contributed by atoms with Crippen molar-refractivity contribution in [2.75, 3.05) is 26.7 Å². The zero-order valence-electron chi connectivity index (χ0n) is 11.4. The highest BCUT2D eigenvalue weighted by Gasteiger charge is 2.23. The van der Waals surface area contributed by atoms with E-state index in [9.17, 15) is 4.79 Å². The number of carbonyl (C=O) groups is 1. The highest BCUT2D eigenvalue weighted by atomic mass is 16.5. The maximum atomic E-state index is 11.6. The lowest BCUT2D eigenvalue weighted by Crippen LogP contribution is -2.41. The van der Waals surface area contributed by atoms with Crippen molar-refractivity contribution in [1.29, 1.82) is 0 Å². The molecule has 4 heteroatoms. The van der Waals surface area contributed by atoms with Crippen LogP contribution in [0.25, 0.3) is 0 Å². The summed E-state index contributed by atoms with van der Waals surface area (Å²) >= 11 is 0. The molecule has 1 saturated heterocycles. The molecule has 1 rings (SSSR count). The van der Waals surface area contributed by atoms with Crippen LogP contribution in [-0.4, -0.2) is 49.7 Å². The van der Waals surface area contributed by atoms with Gasteiger partial charge in [0.15, 0.2) is 0 Å². The predicted octanol–water partition coefficient (Wildman–Crippen LogP) is 1.40. The molecule has 1 aliphatic rings. The summed E-state index contributed by atoms with van der Waals surface area (Å²) in [6.07, 6.45) is 4.45. The summed E-state index contributed by atoms with van der Waals surface area (Å²) in [7, 11) is 1.46. The highest BCUT2D eigenvalue weighted by molar-refractivity contribution is 5.75. The van der Waals surface area contributed by atoms with E-state index in [2.05, 4.69) is 24.1 Å². The van der Waals surface area contributed by atoms with Crippen LogP contribution >= 0.6 is 0 Å². The Morgan fingerprint density at radius 3 is 2.88 bits per heavy atom. The van der Waals surface area contributed by atoms with Gasteiger partial charge in [0, 0.05) is 12.6 Å². The zero-order valence-corrected chi connectivity index (χ0v) is 11.4. The summed E-state index contributed by atoms with van der Waals surface area (Å²) in [6, 6.07) is 0.521. The van der Waals surface area contributed by atoms with E-state index >= 15 is 0 Å². The quantitative estimate of drug-likeness (QED) is 0.685. The first-order chi connectivity index (χ1) is 8.19. The van der Waals surface area contributed by atoms with Crippen LogP contribution in [0.4, 0.5) is 0 Å². The van der Waals surface area contributed by atoms with Crippen LogP contribution in [0, 0.1) is 0 Å². The first-order valence-corrected chi connectivity index (χ1v) is 6.74. The molecule has 0 aromatic carbocycles. The molecule has 1 heterocycles. The van der Waals surface area contributed by atoms with E-state index in [1.54, 1.807) is 0 Å². The molecule has 17 heavy (non-hydrogen) atoms. The molecule has 0 aromatic heterocycles. The number of likely N-dealkylation sites (tertiary alicyclic amines) is 1. The van der Waals surface area contributed by atoms with Crippen LogP contribution in [0.3, 0.4) is 0 Å². The molecule has 0 aliphatic carbocycles. The minimum atomic E-state index is -0.146. The third kappa shape index (κ3) is 4.64. The molecular weight excluding hydrogens is 216 g/mol. The molecule has 0 radical (unpaired) electrons. The van der Waals surface area contributed by atoms with E-state index in [4.69, 9.17) is 4.74 Å². The van der Waals surface area contributed by atoms with E-state index in [0.29, 0.717) is 6.04 Å². The number of methoxy groups -OCH3 is 1. The largest absolute Gasteiger partial charge is 0.468 e. The SMILES string of the molecule is CCCNC(CCN1CCCC1C)C(=O)OC. The fourth-order valence-electron chi connectivity index (χ4n) is 2.38. The molecule has 100 valence electrons. The Kier molecular flexibility index (Phi) is 6.52. The predicted molar refractivity (Wildman–Crippen MR) is 69.0 cm³/mol. The number of carbonyl (C=O) groups excluding carboxylic acids is 1. The van der Waals surface area contributed by atoms with Gasteiger partial charge in [-0.2, -0.15) is 0 Å². The van der Waals surface area contributed by atoms with Crippen molar-refractivity contribution in [3.63, 3.8) is 0 Å². The van der Waals surface area contributed by atoms with Gasteiger partial charge < -0.3 is 15.0 Å². The Bertz CT molecular complexity index is 233. The van der Waals surface area contributed by atoms with Gasteiger partial charge >= 0.3 is 5.97 Å². The van der Waals surface area contributed by atoms with Crippen LogP contribution in [0.5, 0.6) is 0 Å². The van der Waals surface area contributed by atoms with Gasteiger partial charge in [0.1, 0.15) is 6.04 Å². The molecule has 4 nitrogen and oxygen atoms in total. The maximum absolute atomic E-state index is 11.6. The summed E-state index contributed by atoms with van der Waals surface area (Å²) in [4.78, 5) is 14.1. The molecular formula is C13H26N2O2. The Morgan fingerprint density at radius 1 is 1.59 bits per heavy atom. The van der Waals surface area contributed by atoms with Crippen LogP contribution in [-0.2, 0) is 9.53 Å². The van der Waals surface area contributed by atoms with Crippen LogP contribution in [0.2, 0.25) is 0 Å². The topological polar surface area (TPSA) is 41.6 Å². The normalized spacial score (nSPS) is 22.6. The lowest BCUT2D eigenvalue weighted by Gasteiger charge is -2.23. The molecule has 0 bridgehead atoms. The smallest absolute Gasteiger partial charge is 0.322 e. The van der Waals surface area contributed by atoms with E-state index in [-0.39, 0.29) is 12.0 Å². The lowest BCUT2D eigenvalue weighted by atomic mass is 10.2. The minimum absolute atomic E-state index is 0.134. The molecule has 1 N–H and O–H groups in total. The lowest BCUT2D eigenvalue weighted by molar-refractivity contribution is -0.143. The summed E-state index contributed by atoms with van der Waals surface area (Å²) in [5.41, 5.74) is 0. The number of esters is 1. The van der Waals surface area contributed by atoms with Crippen LogP contribution < -0.4 is 5.32 Å². The van der Waals surface area contributed by atoms with Gasteiger partial charge in [-0.1, -0.05) is 6.92 Å². The summed E-state index contributed by atoms with van der Waals surface area (Å²) < 4.78 is 4.83. The number of hydrogen-bond donors (Lipinski definition) is 1. The molecule has 0 amide bonds. The van der Waals surface area contributed by atoms with E-state index in [0.717, 1.165) is 25.9 Å². The number of rotatable bonds is 7. The first kappa shape index (κ1) is 14.5. The Morgan fingerprint density at radius 2 is 2.35 bits per heavy atom. The van der Waals surface area contributed by atoms with Gasteiger partial charge in [-0.05, 0) is 45.7 Å². The molecule has 1 fully saturated rings. The van der Waals surface area contributed by atoms with Crippen molar-refractivity contribution >= 4 is 5.97 Å². The van der Waals surface area contributed by atoms with Crippen LogP contribution in [0.1, 0.15) is 39.5 Å². The standard InChI is InChI=1S/C13H26N2O2/c1-4-8-14-12(13(16)17-3)7-10-15-9-5-6-11(15)2/h11-12,14H,4-10H2,1-3H3. The van der Waals surface area contributed by atoms with E-state index < -0.39 is 0 Å². The number of nitrogens with zero attached hydrogens (tertiary/aromatic N) is 1. The van der Waals surface area contributed by atoms with Crippen molar-refractivity contribution in [3.8, 4) is 0 Å². The number of nitrogens with one attached hydrogen (secondary N) is 1. The summed E-state index contributed by atoms with van der Waals surface area (Å²) in [5.74, 6) is -0.134. The zero-order chi connectivity index (χ0) is 12.7. The second-order valence-electron chi connectivity index (χ2n) is 4.85. The monoisotopic (exact) mass is 242 g/mol. The molecule has 0 spiro atoms. The van der Waals surface area contributed by atoms with E-state index in [1.165, 1.54) is 26.5 Å². The second-order valence-corrected chi connectivity index (χ2v) is 4.85. The van der Waals surface area contributed by atoms with Gasteiger partial charge in [-0.25, -0.2) is 0 Å². The molecule has 2 atom stereocenters. The van der Waals surface area contributed by atoms with Gasteiger partial charge in [0.05, 0.1) is 7.11 Å². The third-order valence-electron chi connectivity index (χ3n) is 3.52. The fourth-order valence-corrected chi connectivity index (χ4v) is 2.38. The van der Waals surface area contributed by atoms with Crippen LogP contribution in [0.15, 0.2) is 0 Å². The fraction of sp³-hybridized carbons (Fsp3) is 0.923. The van der Waals surface area contributed by atoms with Gasteiger partial charge in [0.2, 0.25) is 0 Å². The first-order valence-electron chi connectivity index (χ1n) is 6.74. The molecule has 0 saturated carbocycles. The van der Waals surface area contributed by atoms with Gasteiger partial charge in [-0.15, -0.1) is 0 Å².